The first kappa shape index (κ1) is 17.1. The van der Waals surface area contributed by atoms with E-state index in [-0.39, 0.29) is 11.9 Å². The topological polar surface area (TPSA) is 78.8 Å². The Morgan fingerprint density at radius 2 is 1.79 bits per heavy atom. The van der Waals surface area contributed by atoms with Crippen LogP contribution in [0.5, 0.6) is 11.5 Å². The summed E-state index contributed by atoms with van der Waals surface area (Å²) in [6.45, 7) is 7.99. The number of hydrogen-bond acceptors (Lipinski definition) is 3. The highest BCUT2D eigenvalue weighted by Crippen LogP contribution is 2.34. The summed E-state index contributed by atoms with van der Waals surface area (Å²) in [6, 6.07) is 5.63. The number of carboxylic acid groups (broad SMARTS) is 1. The molecule has 0 spiro atoms. The minimum atomic E-state index is -0.995. The van der Waals surface area contributed by atoms with Crippen molar-refractivity contribution in [2.24, 2.45) is 0 Å². The molecule has 5 nitrogen and oxygen atoms in total. The smallest absolute Gasteiger partial charge is 0.404 e. The fourth-order valence-corrected chi connectivity index (χ4v) is 1.35. The Morgan fingerprint density at radius 3 is 2.16 bits per heavy atom. The van der Waals surface area contributed by atoms with Gasteiger partial charge in [-0.05, 0) is 25.8 Å². The van der Waals surface area contributed by atoms with Gasteiger partial charge in [-0.25, -0.2) is 4.79 Å². The largest absolute Gasteiger partial charge is 0.504 e. The van der Waals surface area contributed by atoms with Crippen LogP contribution in [-0.2, 0) is 0 Å². The van der Waals surface area contributed by atoms with Gasteiger partial charge < -0.3 is 20.3 Å². The lowest BCUT2D eigenvalue weighted by molar-refractivity contribution is 0.197. The van der Waals surface area contributed by atoms with Crippen LogP contribution >= 0.6 is 0 Å². The zero-order valence-corrected chi connectivity index (χ0v) is 12.1. The second-order valence-corrected chi connectivity index (χ2v) is 4.57. The Morgan fingerprint density at radius 1 is 1.26 bits per heavy atom. The zero-order valence-electron chi connectivity index (χ0n) is 12.1. The van der Waals surface area contributed by atoms with Crippen molar-refractivity contribution < 1.29 is 19.7 Å². The molecule has 1 amide bonds. The van der Waals surface area contributed by atoms with Crippen LogP contribution in [0.1, 0.15) is 39.2 Å². The van der Waals surface area contributed by atoms with E-state index >= 15 is 0 Å². The van der Waals surface area contributed by atoms with Crippen molar-refractivity contribution in [3.63, 3.8) is 0 Å². The number of hydrogen-bond donors (Lipinski definition) is 3. The molecule has 1 rings (SSSR count). The number of ether oxygens (including phenoxy) is 1. The summed E-state index contributed by atoms with van der Waals surface area (Å²) in [4.78, 5) is 9.26. The van der Waals surface area contributed by atoms with Gasteiger partial charge in [-0.3, -0.25) is 0 Å². The van der Waals surface area contributed by atoms with Crippen molar-refractivity contribution in [1.29, 1.82) is 0 Å². The van der Waals surface area contributed by atoms with Crippen LogP contribution in [0.25, 0.3) is 0 Å². The van der Waals surface area contributed by atoms with Crippen LogP contribution in [0.2, 0.25) is 0 Å². The molecule has 108 valence electrons. The van der Waals surface area contributed by atoms with E-state index in [1.807, 2.05) is 45.1 Å². The molecule has 19 heavy (non-hydrogen) atoms. The van der Waals surface area contributed by atoms with Gasteiger partial charge in [0.1, 0.15) is 0 Å². The molecule has 0 atom stereocenters. The maximum Gasteiger partial charge on any atom is 0.404 e. The minimum Gasteiger partial charge on any atom is -0.504 e. The third kappa shape index (κ3) is 6.55. The fraction of sp³-hybridized carbons (Fsp3) is 0.500. The SMILES string of the molecule is CC(C)Oc1cccc(C(C)C)c1O.CNC(=O)O. The normalized spacial score (nSPS) is 9.84. The fourth-order valence-electron chi connectivity index (χ4n) is 1.35. The van der Waals surface area contributed by atoms with E-state index in [2.05, 4.69) is 0 Å². The quantitative estimate of drug-likeness (QED) is 0.787. The third-order valence-electron chi connectivity index (χ3n) is 2.23. The molecule has 0 bridgehead atoms. The van der Waals surface area contributed by atoms with Crippen LogP contribution in [-0.4, -0.2) is 29.5 Å². The highest BCUT2D eigenvalue weighted by atomic mass is 16.5. The molecule has 0 aliphatic heterocycles. The van der Waals surface area contributed by atoms with E-state index in [4.69, 9.17) is 9.84 Å². The summed E-state index contributed by atoms with van der Waals surface area (Å²) in [5, 5.41) is 19.4. The minimum absolute atomic E-state index is 0.0864. The molecule has 5 heteroatoms. The lowest BCUT2D eigenvalue weighted by Gasteiger charge is -2.15. The highest BCUT2D eigenvalue weighted by Gasteiger charge is 2.11. The van der Waals surface area contributed by atoms with Crippen LogP contribution in [0, 0.1) is 0 Å². The molecule has 0 aliphatic rings. The van der Waals surface area contributed by atoms with Gasteiger partial charge in [0.05, 0.1) is 6.10 Å². The van der Waals surface area contributed by atoms with Crippen molar-refractivity contribution >= 4 is 6.09 Å². The Balaban J connectivity index is 0.000000555. The van der Waals surface area contributed by atoms with Gasteiger partial charge in [-0.15, -0.1) is 0 Å². The van der Waals surface area contributed by atoms with Crippen LogP contribution in [0.4, 0.5) is 4.79 Å². The summed E-state index contributed by atoms with van der Waals surface area (Å²) in [5.41, 5.74) is 0.933. The molecule has 0 radical (unpaired) electrons. The summed E-state index contributed by atoms with van der Waals surface area (Å²) in [7, 11) is 1.35. The zero-order chi connectivity index (χ0) is 15.0. The molecule has 0 fully saturated rings. The number of phenolic OH excluding ortho intramolecular Hbond substituents is 1. The molecule has 1 aromatic carbocycles. The molecule has 0 saturated heterocycles. The molecular formula is C14H23NO4. The monoisotopic (exact) mass is 269 g/mol. The standard InChI is InChI=1S/C12H18O2.C2H5NO2/c1-8(2)10-6-5-7-11(12(10)13)14-9(3)4;1-3-2(4)5/h5-9,13H,1-4H3;3H,1H3,(H,4,5). The maximum atomic E-state index is 9.88. The predicted octanol–water partition coefficient (Wildman–Crippen LogP) is 3.19. The molecule has 1 aromatic rings. The number of para-hydroxylation sites is 1. The van der Waals surface area contributed by atoms with E-state index < -0.39 is 6.09 Å². The molecule has 0 aromatic heterocycles. The van der Waals surface area contributed by atoms with Gasteiger partial charge >= 0.3 is 6.09 Å². The number of carbonyl (C=O) groups is 1. The van der Waals surface area contributed by atoms with Gasteiger partial charge in [0.2, 0.25) is 0 Å². The number of benzene rings is 1. The van der Waals surface area contributed by atoms with Crippen molar-refractivity contribution in [3.05, 3.63) is 23.8 Å². The molecule has 0 saturated carbocycles. The van der Waals surface area contributed by atoms with Crippen molar-refractivity contribution in [3.8, 4) is 11.5 Å². The molecular weight excluding hydrogens is 246 g/mol. The first-order chi connectivity index (χ1) is 8.79. The lowest BCUT2D eigenvalue weighted by Crippen LogP contribution is -2.13. The summed E-state index contributed by atoms with van der Waals surface area (Å²) >= 11 is 0. The Labute approximate surface area is 114 Å². The first-order valence-corrected chi connectivity index (χ1v) is 6.18. The van der Waals surface area contributed by atoms with E-state index in [0.717, 1.165) is 5.56 Å². The van der Waals surface area contributed by atoms with Crippen LogP contribution in [0.3, 0.4) is 0 Å². The van der Waals surface area contributed by atoms with E-state index in [1.54, 1.807) is 6.07 Å². The molecule has 3 N–H and O–H groups in total. The highest BCUT2D eigenvalue weighted by molar-refractivity contribution is 5.63. The number of aromatic hydroxyl groups is 1. The van der Waals surface area contributed by atoms with E-state index in [1.165, 1.54) is 7.05 Å². The van der Waals surface area contributed by atoms with Crippen molar-refractivity contribution in [2.45, 2.75) is 39.7 Å². The third-order valence-corrected chi connectivity index (χ3v) is 2.23. The summed E-state index contributed by atoms with van der Waals surface area (Å²) < 4.78 is 5.49. The molecule has 0 unspecified atom stereocenters. The second-order valence-electron chi connectivity index (χ2n) is 4.57. The van der Waals surface area contributed by atoms with Crippen LogP contribution in [0.15, 0.2) is 18.2 Å². The second kappa shape index (κ2) is 8.24. The van der Waals surface area contributed by atoms with Crippen molar-refractivity contribution in [2.75, 3.05) is 7.05 Å². The average molecular weight is 269 g/mol. The number of phenols is 1. The number of nitrogens with one attached hydrogen (secondary N) is 1. The summed E-state index contributed by atoms with van der Waals surface area (Å²) in [6.07, 6.45) is -0.909. The Hall–Kier alpha value is -1.91. The Bertz CT molecular complexity index is 402. The number of amides is 1. The van der Waals surface area contributed by atoms with Gasteiger partial charge in [-0.1, -0.05) is 26.0 Å². The first-order valence-electron chi connectivity index (χ1n) is 6.18. The lowest BCUT2D eigenvalue weighted by atomic mass is 10.0. The van der Waals surface area contributed by atoms with Crippen molar-refractivity contribution in [1.82, 2.24) is 5.32 Å². The Kier molecular flexibility index (Phi) is 7.41. The van der Waals surface area contributed by atoms with E-state index in [9.17, 15) is 9.90 Å². The van der Waals surface area contributed by atoms with Gasteiger partial charge in [0.15, 0.2) is 11.5 Å². The predicted molar refractivity (Wildman–Crippen MR) is 75.0 cm³/mol. The summed E-state index contributed by atoms with van der Waals surface area (Å²) in [5.74, 6) is 1.16. The molecule has 0 heterocycles. The van der Waals surface area contributed by atoms with Gasteiger partial charge in [-0.2, -0.15) is 0 Å². The maximum absolute atomic E-state index is 9.88. The van der Waals surface area contributed by atoms with Gasteiger partial charge in [0.25, 0.3) is 0 Å². The number of rotatable bonds is 3. The average Bonchev–Trinajstić information content (AvgIpc) is 2.31. The van der Waals surface area contributed by atoms with E-state index in [0.29, 0.717) is 11.7 Å². The molecule has 0 aliphatic carbocycles. The van der Waals surface area contributed by atoms with Crippen LogP contribution < -0.4 is 10.1 Å². The van der Waals surface area contributed by atoms with Gasteiger partial charge in [0, 0.05) is 12.6 Å².